The van der Waals surface area contributed by atoms with E-state index in [-0.39, 0.29) is 0 Å². The molecule has 0 amide bonds. The van der Waals surface area contributed by atoms with Crippen LogP contribution >= 0.6 is 0 Å². The predicted octanol–water partition coefficient (Wildman–Crippen LogP) is 2.43. The van der Waals surface area contributed by atoms with Crippen LogP contribution in [0.15, 0.2) is 18.2 Å². The molecule has 1 aliphatic carbocycles. The fourth-order valence-corrected chi connectivity index (χ4v) is 3.31. The highest BCUT2D eigenvalue weighted by Gasteiger charge is 2.34. The Kier molecular flexibility index (Phi) is 3.51. The van der Waals surface area contributed by atoms with Crippen LogP contribution in [-0.2, 0) is 4.74 Å². The zero-order chi connectivity index (χ0) is 13.2. The van der Waals surface area contributed by atoms with E-state index in [4.69, 9.17) is 15.2 Å². The minimum Gasteiger partial charge on any atom is -0.497 e. The van der Waals surface area contributed by atoms with Crippen molar-refractivity contribution in [2.24, 2.45) is 0 Å². The smallest absolute Gasteiger partial charge is 0.122 e. The quantitative estimate of drug-likeness (QED) is 0.832. The van der Waals surface area contributed by atoms with Crippen LogP contribution in [0.4, 0.5) is 11.4 Å². The minimum atomic E-state index is 0.384. The van der Waals surface area contributed by atoms with E-state index in [0.717, 1.165) is 30.3 Å². The summed E-state index contributed by atoms with van der Waals surface area (Å²) in [4.78, 5) is 2.45. The van der Waals surface area contributed by atoms with E-state index in [2.05, 4.69) is 11.0 Å². The fourth-order valence-electron chi connectivity index (χ4n) is 3.31. The Labute approximate surface area is 114 Å². The maximum Gasteiger partial charge on any atom is 0.122 e. The molecule has 4 heteroatoms. The second-order valence-corrected chi connectivity index (χ2v) is 5.42. The van der Waals surface area contributed by atoms with Crippen molar-refractivity contribution >= 4 is 11.4 Å². The molecule has 2 fully saturated rings. The van der Waals surface area contributed by atoms with Gasteiger partial charge in [-0.05, 0) is 18.9 Å². The zero-order valence-electron chi connectivity index (χ0n) is 11.5. The molecule has 0 radical (unpaired) electrons. The van der Waals surface area contributed by atoms with Gasteiger partial charge in [-0.2, -0.15) is 0 Å². The van der Waals surface area contributed by atoms with E-state index in [1.165, 1.54) is 25.7 Å². The molecular formula is C15H22N2O2. The second-order valence-electron chi connectivity index (χ2n) is 5.42. The maximum absolute atomic E-state index is 5.97. The summed E-state index contributed by atoms with van der Waals surface area (Å²) in [5.74, 6) is 0.828. The molecule has 104 valence electrons. The molecular weight excluding hydrogens is 240 g/mol. The van der Waals surface area contributed by atoms with Crippen LogP contribution in [0.1, 0.15) is 25.7 Å². The molecule has 4 nitrogen and oxygen atoms in total. The minimum absolute atomic E-state index is 0.384. The number of hydrogen-bond donors (Lipinski definition) is 1. The monoisotopic (exact) mass is 262 g/mol. The average molecular weight is 262 g/mol. The highest BCUT2D eigenvalue weighted by atomic mass is 16.5. The van der Waals surface area contributed by atoms with Crippen LogP contribution in [0.25, 0.3) is 0 Å². The first-order chi connectivity index (χ1) is 9.28. The zero-order valence-corrected chi connectivity index (χ0v) is 11.5. The third-order valence-electron chi connectivity index (χ3n) is 4.21. The second kappa shape index (κ2) is 5.29. The lowest BCUT2D eigenvalue weighted by Gasteiger charge is -2.45. The van der Waals surface area contributed by atoms with Gasteiger partial charge in [0.15, 0.2) is 0 Å². The molecule has 0 spiro atoms. The number of benzene rings is 1. The average Bonchev–Trinajstić information content (AvgIpc) is 2.46. The summed E-state index contributed by atoms with van der Waals surface area (Å²) in [5.41, 5.74) is 7.89. The van der Waals surface area contributed by atoms with E-state index in [9.17, 15) is 0 Å². The number of anilines is 2. The summed E-state index contributed by atoms with van der Waals surface area (Å²) < 4.78 is 11.2. The number of morpholine rings is 1. The van der Waals surface area contributed by atoms with Crippen LogP contribution in [-0.4, -0.2) is 32.4 Å². The number of hydrogen-bond acceptors (Lipinski definition) is 4. The lowest BCUT2D eigenvalue weighted by atomic mass is 9.89. The number of nitrogens with two attached hydrogens (primary N) is 1. The fraction of sp³-hybridized carbons (Fsp3) is 0.600. The topological polar surface area (TPSA) is 47.7 Å². The van der Waals surface area contributed by atoms with Gasteiger partial charge in [0.05, 0.1) is 25.9 Å². The molecule has 1 heterocycles. The third kappa shape index (κ3) is 2.50. The van der Waals surface area contributed by atoms with Gasteiger partial charge in [-0.15, -0.1) is 0 Å². The van der Waals surface area contributed by atoms with Crippen molar-refractivity contribution in [1.29, 1.82) is 0 Å². The van der Waals surface area contributed by atoms with E-state index < -0.39 is 0 Å². The molecule has 2 N–H and O–H groups in total. The Morgan fingerprint density at radius 3 is 2.95 bits per heavy atom. The summed E-state index contributed by atoms with van der Waals surface area (Å²) in [5, 5.41) is 0. The van der Waals surface area contributed by atoms with Crippen LogP contribution in [0.5, 0.6) is 5.75 Å². The van der Waals surface area contributed by atoms with Crippen molar-refractivity contribution in [3.63, 3.8) is 0 Å². The van der Waals surface area contributed by atoms with E-state index in [0.29, 0.717) is 12.1 Å². The van der Waals surface area contributed by atoms with E-state index in [1.54, 1.807) is 7.11 Å². The van der Waals surface area contributed by atoms with Crippen LogP contribution in [0.3, 0.4) is 0 Å². The molecule has 1 saturated heterocycles. The molecule has 2 unspecified atom stereocenters. The summed E-state index contributed by atoms with van der Waals surface area (Å²) >= 11 is 0. The van der Waals surface area contributed by atoms with Gasteiger partial charge in [-0.1, -0.05) is 12.8 Å². The molecule has 3 rings (SSSR count). The highest BCUT2D eigenvalue weighted by Crippen LogP contribution is 2.34. The molecule has 0 bridgehead atoms. The Morgan fingerprint density at radius 2 is 2.11 bits per heavy atom. The van der Waals surface area contributed by atoms with E-state index >= 15 is 0 Å². The van der Waals surface area contributed by atoms with Crippen LogP contribution in [0, 0.1) is 0 Å². The Hall–Kier alpha value is -1.42. The van der Waals surface area contributed by atoms with Crippen molar-refractivity contribution in [3.8, 4) is 5.75 Å². The molecule has 1 saturated carbocycles. The van der Waals surface area contributed by atoms with Gasteiger partial charge in [-0.25, -0.2) is 0 Å². The Balaban J connectivity index is 1.89. The first kappa shape index (κ1) is 12.6. The first-order valence-corrected chi connectivity index (χ1v) is 7.11. The Morgan fingerprint density at radius 1 is 1.26 bits per heavy atom. The summed E-state index contributed by atoms with van der Waals surface area (Å²) in [6.07, 6.45) is 5.35. The third-order valence-corrected chi connectivity index (χ3v) is 4.21. The molecule has 2 atom stereocenters. The van der Waals surface area contributed by atoms with Crippen LogP contribution < -0.4 is 15.4 Å². The number of fused-ring (bicyclic) bond motifs is 1. The summed E-state index contributed by atoms with van der Waals surface area (Å²) in [7, 11) is 1.68. The molecule has 1 aromatic carbocycles. The van der Waals surface area contributed by atoms with Gasteiger partial charge in [-0.3, -0.25) is 0 Å². The standard InChI is InChI=1S/C15H22N2O2/c1-18-13-9-11(16)8-12(10-13)17-6-7-19-15-5-3-2-4-14(15)17/h8-10,14-15H,2-7,16H2,1H3. The van der Waals surface area contributed by atoms with Gasteiger partial charge in [0.1, 0.15) is 5.75 Å². The normalized spacial score (nSPS) is 26.9. The van der Waals surface area contributed by atoms with Gasteiger partial charge >= 0.3 is 0 Å². The van der Waals surface area contributed by atoms with Gasteiger partial charge < -0.3 is 20.1 Å². The van der Waals surface area contributed by atoms with Crippen molar-refractivity contribution < 1.29 is 9.47 Å². The number of rotatable bonds is 2. The van der Waals surface area contributed by atoms with Gasteiger partial charge in [0.2, 0.25) is 0 Å². The lowest BCUT2D eigenvalue weighted by Crippen LogP contribution is -2.52. The maximum atomic E-state index is 5.97. The summed E-state index contributed by atoms with van der Waals surface area (Å²) in [6.45, 7) is 1.74. The highest BCUT2D eigenvalue weighted by molar-refractivity contribution is 5.61. The Bertz CT molecular complexity index is 448. The molecule has 19 heavy (non-hydrogen) atoms. The van der Waals surface area contributed by atoms with Crippen molar-refractivity contribution in [1.82, 2.24) is 0 Å². The number of nitrogens with zero attached hydrogens (tertiary/aromatic N) is 1. The largest absolute Gasteiger partial charge is 0.497 e. The van der Waals surface area contributed by atoms with Crippen molar-refractivity contribution in [3.05, 3.63) is 18.2 Å². The van der Waals surface area contributed by atoms with Crippen molar-refractivity contribution in [2.45, 2.75) is 37.8 Å². The number of ether oxygens (including phenoxy) is 2. The number of methoxy groups -OCH3 is 1. The van der Waals surface area contributed by atoms with E-state index in [1.807, 2.05) is 12.1 Å². The number of nitrogen functional groups attached to an aromatic ring is 1. The molecule has 0 aromatic heterocycles. The van der Waals surface area contributed by atoms with Crippen molar-refractivity contribution in [2.75, 3.05) is 30.9 Å². The van der Waals surface area contributed by atoms with Gasteiger partial charge in [0.25, 0.3) is 0 Å². The molecule has 2 aliphatic rings. The van der Waals surface area contributed by atoms with Crippen LogP contribution in [0.2, 0.25) is 0 Å². The summed E-state index contributed by atoms with van der Waals surface area (Å²) in [6, 6.07) is 6.48. The first-order valence-electron chi connectivity index (χ1n) is 7.11. The molecule has 1 aromatic rings. The SMILES string of the molecule is COc1cc(N)cc(N2CCOC3CCCCC32)c1. The van der Waals surface area contributed by atoms with Gasteiger partial charge in [0, 0.05) is 30.1 Å². The lowest BCUT2D eigenvalue weighted by molar-refractivity contribution is -0.00868. The predicted molar refractivity (Wildman–Crippen MR) is 76.7 cm³/mol. The molecule has 1 aliphatic heterocycles.